The molecule has 2 aromatic rings. The molecule has 2 rings (SSSR count). The van der Waals surface area contributed by atoms with Crippen LogP contribution >= 0.6 is 0 Å². The Morgan fingerprint density at radius 1 is 1.17 bits per heavy atom. The van der Waals surface area contributed by atoms with Crippen molar-refractivity contribution in [2.75, 3.05) is 13.7 Å². The quantitative estimate of drug-likeness (QED) is 0.468. The van der Waals surface area contributed by atoms with Gasteiger partial charge in [0.25, 0.3) is 0 Å². The van der Waals surface area contributed by atoms with Crippen molar-refractivity contribution >= 4 is 0 Å². The highest BCUT2D eigenvalue weighted by atomic mass is 19.4. The molecule has 0 atom stereocenters. The summed E-state index contributed by atoms with van der Waals surface area (Å²) in [5.74, 6) is -0.176. The van der Waals surface area contributed by atoms with Gasteiger partial charge in [0.05, 0.1) is 30.0 Å². The van der Waals surface area contributed by atoms with Gasteiger partial charge in [0.1, 0.15) is 5.75 Å². The average molecular weight is 434 g/mol. The van der Waals surface area contributed by atoms with E-state index >= 15 is 0 Å². The number of aromatic nitrogens is 2. The molecule has 0 radical (unpaired) electrons. The highest BCUT2D eigenvalue weighted by Crippen LogP contribution is 2.42. The number of alkyl halides is 5. The second kappa shape index (κ2) is 9.32. The zero-order valence-corrected chi connectivity index (χ0v) is 17.7. The minimum Gasteiger partial charge on any atom is -0.434 e. The average Bonchev–Trinajstić information content (AvgIpc) is 2.94. The third-order valence-corrected chi connectivity index (χ3v) is 5.06. The van der Waals surface area contributed by atoms with Crippen LogP contribution in [0.2, 0.25) is 0 Å². The number of benzene rings is 1. The molecule has 0 bridgehead atoms. The normalized spacial score (nSPS) is 12.6. The molecule has 1 aromatic heterocycles. The van der Waals surface area contributed by atoms with E-state index in [4.69, 9.17) is 9.47 Å². The number of hydrogen-bond donors (Lipinski definition) is 0. The van der Waals surface area contributed by atoms with Crippen molar-refractivity contribution in [1.82, 2.24) is 9.78 Å². The summed E-state index contributed by atoms with van der Waals surface area (Å²) in [6.45, 7) is 3.55. The number of ether oxygens (including phenoxy) is 2. The Balaban J connectivity index is 2.57. The Morgan fingerprint density at radius 3 is 2.37 bits per heavy atom. The number of aryl methyl sites for hydroxylation is 1. The molecule has 0 saturated heterocycles. The van der Waals surface area contributed by atoms with Gasteiger partial charge >= 0.3 is 12.8 Å². The number of halogens is 5. The predicted molar refractivity (Wildman–Crippen MR) is 104 cm³/mol. The van der Waals surface area contributed by atoms with Crippen LogP contribution in [0.1, 0.15) is 37.6 Å². The summed E-state index contributed by atoms with van der Waals surface area (Å²) in [5.41, 5.74) is 0.781. The smallest absolute Gasteiger partial charge is 0.394 e. The Morgan fingerprint density at radius 2 is 1.83 bits per heavy atom. The first-order valence-corrected chi connectivity index (χ1v) is 9.61. The topological polar surface area (TPSA) is 36.3 Å². The number of nitrogens with zero attached hydrogens (tertiary/aromatic N) is 2. The molecule has 0 N–H and O–H groups in total. The molecule has 0 aliphatic rings. The van der Waals surface area contributed by atoms with Crippen molar-refractivity contribution in [3.8, 4) is 17.0 Å². The van der Waals surface area contributed by atoms with Crippen molar-refractivity contribution in [3.63, 3.8) is 0 Å². The number of hydrogen-bond acceptors (Lipinski definition) is 3. The molecule has 0 aliphatic heterocycles. The molecular formula is C21H27F5N2O2. The summed E-state index contributed by atoms with van der Waals surface area (Å²) in [4.78, 5) is 0. The molecule has 30 heavy (non-hydrogen) atoms. The van der Waals surface area contributed by atoms with E-state index in [9.17, 15) is 22.0 Å². The van der Waals surface area contributed by atoms with Crippen molar-refractivity contribution in [1.29, 1.82) is 0 Å². The molecule has 0 aliphatic carbocycles. The second-order valence-corrected chi connectivity index (χ2v) is 7.76. The zero-order chi connectivity index (χ0) is 22.7. The van der Waals surface area contributed by atoms with Crippen LogP contribution in [0.25, 0.3) is 11.3 Å². The molecule has 1 aromatic carbocycles. The summed E-state index contributed by atoms with van der Waals surface area (Å²) >= 11 is 0. The summed E-state index contributed by atoms with van der Waals surface area (Å²) in [5, 5.41) is 4.52. The molecule has 0 saturated carbocycles. The summed E-state index contributed by atoms with van der Waals surface area (Å²) in [7, 11) is 1.54. The molecule has 1 heterocycles. The van der Waals surface area contributed by atoms with Crippen LogP contribution in [0, 0.1) is 12.3 Å². The van der Waals surface area contributed by atoms with E-state index in [1.165, 1.54) is 18.2 Å². The number of rotatable bonds is 9. The molecule has 168 valence electrons. The van der Waals surface area contributed by atoms with E-state index in [0.29, 0.717) is 30.8 Å². The fourth-order valence-corrected chi connectivity index (χ4v) is 3.29. The third-order valence-electron chi connectivity index (χ3n) is 5.06. The molecular weight excluding hydrogens is 407 g/mol. The van der Waals surface area contributed by atoms with Crippen molar-refractivity contribution in [2.45, 2.75) is 59.9 Å². The first kappa shape index (κ1) is 24.1. The van der Waals surface area contributed by atoms with Crippen LogP contribution in [0.4, 0.5) is 22.0 Å². The Hall–Kier alpha value is -2.16. The maximum atomic E-state index is 13.3. The minimum absolute atomic E-state index is 0.176. The lowest BCUT2D eigenvalue weighted by atomic mass is 9.84. The monoisotopic (exact) mass is 434 g/mol. The summed E-state index contributed by atoms with van der Waals surface area (Å²) < 4.78 is 77.5. The van der Waals surface area contributed by atoms with Gasteiger partial charge < -0.3 is 9.47 Å². The van der Waals surface area contributed by atoms with E-state index in [1.807, 2.05) is 13.8 Å². The SMILES string of the molecule is CCc1nn(CCOC)c(-c2ccc(CC(C)(C)C(F)(F)F)cc2OC(F)F)c1C. The van der Waals surface area contributed by atoms with Crippen molar-refractivity contribution in [3.05, 3.63) is 35.0 Å². The van der Waals surface area contributed by atoms with Crippen LogP contribution < -0.4 is 4.74 Å². The third kappa shape index (κ3) is 5.30. The molecule has 0 amide bonds. The van der Waals surface area contributed by atoms with Gasteiger partial charge in [-0.05, 0) is 43.0 Å². The molecule has 0 spiro atoms. The van der Waals surface area contributed by atoms with Gasteiger partial charge in [-0.2, -0.15) is 27.1 Å². The lowest BCUT2D eigenvalue weighted by Gasteiger charge is -2.28. The van der Waals surface area contributed by atoms with Crippen LogP contribution in [0.5, 0.6) is 5.75 Å². The van der Waals surface area contributed by atoms with E-state index in [1.54, 1.807) is 11.8 Å². The lowest BCUT2D eigenvalue weighted by Crippen LogP contribution is -2.34. The van der Waals surface area contributed by atoms with E-state index in [-0.39, 0.29) is 17.7 Å². The van der Waals surface area contributed by atoms with Gasteiger partial charge in [0.2, 0.25) is 0 Å². The van der Waals surface area contributed by atoms with Crippen LogP contribution in [0.15, 0.2) is 18.2 Å². The fourth-order valence-electron chi connectivity index (χ4n) is 3.29. The van der Waals surface area contributed by atoms with Crippen molar-refractivity contribution in [2.24, 2.45) is 5.41 Å². The highest BCUT2D eigenvalue weighted by Gasteiger charge is 2.47. The van der Waals surface area contributed by atoms with Crippen molar-refractivity contribution < 1.29 is 31.4 Å². The molecule has 0 unspecified atom stereocenters. The Kier molecular flexibility index (Phi) is 7.49. The predicted octanol–water partition coefficient (Wildman–Crippen LogP) is 5.80. The zero-order valence-electron chi connectivity index (χ0n) is 17.7. The largest absolute Gasteiger partial charge is 0.434 e. The minimum atomic E-state index is -4.43. The fraction of sp³-hybridized carbons (Fsp3) is 0.571. The van der Waals surface area contributed by atoms with Crippen LogP contribution in [0.3, 0.4) is 0 Å². The second-order valence-electron chi connectivity index (χ2n) is 7.76. The summed E-state index contributed by atoms with van der Waals surface area (Å²) in [6, 6.07) is 4.29. The summed E-state index contributed by atoms with van der Waals surface area (Å²) in [6.07, 6.45) is -4.15. The standard InChI is InChI=1S/C21H27F5N2O2/c1-6-16-13(2)18(28(27-16)9-10-29-5)15-8-7-14(11-17(15)30-19(22)23)12-20(3,4)21(24,25)26/h7-8,11,19H,6,9-10,12H2,1-5H3. The Bertz CT molecular complexity index is 860. The van der Waals surface area contributed by atoms with Gasteiger partial charge in [-0.1, -0.05) is 26.8 Å². The van der Waals surface area contributed by atoms with Gasteiger partial charge in [0.15, 0.2) is 0 Å². The van der Waals surface area contributed by atoms with Gasteiger partial charge in [-0.25, -0.2) is 0 Å². The van der Waals surface area contributed by atoms with E-state index < -0.39 is 18.2 Å². The van der Waals surface area contributed by atoms with Gasteiger partial charge in [0, 0.05) is 12.7 Å². The van der Waals surface area contributed by atoms with Gasteiger partial charge in [-0.15, -0.1) is 0 Å². The lowest BCUT2D eigenvalue weighted by molar-refractivity contribution is -0.211. The molecule has 9 heteroatoms. The maximum absolute atomic E-state index is 13.3. The van der Waals surface area contributed by atoms with E-state index in [2.05, 4.69) is 5.10 Å². The molecule has 0 fully saturated rings. The first-order chi connectivity index (χ1) is 13.9. The highest BCUT2D eigenvalue weighted by molar-refractivity contribution is 5.71. The van der Waals surface area contributed by atoms with Crippen LogP contribution in [-0.2, 0) is 24.1 Å². The number of methoxy groups -OCH3 is 1. The molecule has 4 nitrogen and oxygen atoms in total. The first-order valence-electron chi connectivity index (χ1n) is 9.61. The van der Waals surface area contributed by atoms with Gasteiger partial charge in [-0.3, -0.25) is 4.68 Å². The maximum Gasteiger partial charge on any atom is 0.394 e. The van der Waals surface area contributed by atoms with Crippen LogP contribution in [-0.4, -0.2) is 36.3 Å². The Labute approximate surface area is 173 Å². The van der Waals surface area contributed by atoms with E-state index in [0.717, 1.165) is 25.1 Å².